The van der Waals surface area contributed by atoms with Crippen molar-refractivity contribution in [3.63, 3.8) is 0 Å². The van der Waals surface area contributed by atoms with Gasteiger partial charge in [0.05, 0.1) is 17.2 Å². The van der Waals surface area contributed by atoms with Crippen LogP contribution in [0, 0.1) is 5.92 Å². The lowest BCUT2D eigenvalue weighted by molar-refractivity contribution is -0.141. The number of hydrogen-bond acceptors (Lipinski definition) is 11. The number of amides is 4. The molecule has 0 unspecified atom stereocenters. The highest BCUT2D eigenvalue weighted by atomic mass is 32.2. The van der Waals surface area contributed by atoms with Crippen LogP contribution in [0.1, 0.15) is 61.5 Å². The molecule has 294 valence electrons. The van der Waals surface area contributed by atoms with Crippen LogP contribution in [0.25, 0.3) is 22.0 Å². The van der Waals surface area contributed by atoms with Gasteiger partial charge in [0, 0.05) is 36.0 Å². The summed E-state index contributed by atoms with van der Waals surface area (Å²) < 4.78 is 34.1. The van der Waals surface area contributed by atoms with Crippen LogP contribution in [0.2, 0.25) is 0 Å². The number of rotatable bonds is 8. The molecule has 2 aromatic carbocycles. The van der Waals surface area contributed by atoms with Gasteiger partial charge in [0.1, 0.15) is 34.0 Å². The smallest absolute Gasteiger partial charge is 0.287 e. The van der Waals surface area contributed by atoms with Crippen molar-refractivity contribution >= 4 is 45.0 Å². The third-order valence-corrected chi connectivity index (χ3v) is 12.8. The van der Waals surface area contributed by atoms with Crippen LogP contribution in [-0.2, 0) is 24.4 Å². The number of nitrogens with one attached hydrogen (secondary N) is 3. The summed E-state index contributed by atoms with van der Waals surface area (Å²) in [6.07, 6.45) is 10.2. The van der Waals surface area contributed by atoms with E-state index in [1.165, 1.54) is 45.5 Å². The van der Waals surface area contributed by atoms with Gasteiger partial charge in [0.2, 0.25) is 11.8 Å². The zero-order valence-corrected chi connectivity index (χ0v) is 32.3. The van der Waals surface area contributed by atoms with Gasteiger partial charge in [-0.1, -0.05) is 73.5 Å². The molecule has 4 amide bonds. The standard InChI is InChI=1S/C40H40N8O7S2/c49-35-31-23-28(48-44-33(26-13-6-4-7-14-26)34(45-48)37-41-20-22-56-37)25-47(31)38(51)30(42-36(50)32-19-12-21-55-32)18-11-3-1-2-8-15-27-24-40(27,43-35)39(52)46-57(53,54)29-16-9-5-10-17-29/h4-10,12-17,19-22,27-28,30-31H,1-3,11,18,23-25H2,(H,42,50)(H,43,49)(H,46,52)/b15-8+/t27-,28-,30-,31+,40-/m1/s1. The molecule has 2 aliphatic heterocycles. The van der Waals surface area contributed by atoms with Crippen molar-refractivity contribution < 1.29 is 32.0 Å². The van der Waals surface area contributed by atoms with Crippen LogP contribution in [0.3, 0.4) is 0 Å². The maximum absolute atomic E-state index is 14.7. The van der Waals surface area contributed by atoms with E-state index in [1.54, 1.807) is 30.5 Å². The van der Waals surface area contributed by atoms with Gasteiger partial charge in [-0.2, -0.15) is 9.90 Å². The molecule has 15 nitrogen and oxygen atoms in total. The van der Waals surface area contributed by atoms with Gasteiger partial charge < -0.3 is 20.0 Å². The summed E-state index contributed by atoms with van der Waals surface area (Å²) in [4.78, 5) is 63.9. The molecule has 1 aliphatic carbocycles. The van der Waals surface area contributed by atoms with E-state index in [2.05, 4.69) is 20.3 Å². The Morgan fingerprint density at radius 2 is 1.72 bits per heavy atom. The fourth-order valence-corrected chi connectivity index (χ4v) is 9.21. The summed E-state index contributed by atoms with van der Waals surface area (Å²) in [7, 11) is -4.27. The molecule has 8 rings (SSSR count). The molecule has 1 saturated heterocycles. The Balaban J connectivity index is 1.14. The van der Waals surface area contributed by atoms with Crippen molar-refractivity contribution in [3.8, 4) is 22.0 Å². The number of benzene rings is 2. The van der Waals surface area contributed by atoms with Crippen LogP contribution in [-0.4, -0.2) is 81.1 Å². The minimum Gasteiger partial charge on any atom is -0.459 e. The molecule has 3 N–H and O–H groups in total. The van der Waals surface area contributed by atoms with Crippen molar-refractivity contribution in [2.45, 2.75) is 73.5 Å². The highest BCUT2D eigenvalue weighted by molar-refractivity contribution is 7.90. The number of thiazole rings is 1. The van der Waals surface area contributed by atoms with E-state index in [4.69, 9.17) is 14.6 Å². The highest BCUT2D eigenvalue weighted by Gasteiger charge is 2.61. The Hall–Kier alpha value is -5.94. The van der Waals surface area contributed by atoms with Crippen LogP contribution in [0.4, 0.5) is 0 Å². The summed E-state index contributed by atoms with van der Waals surface area (Å²) in [5.74, 6) is -3.01. The van der Waals surface area contributed by atoms with E-state index >= 15 is 0 Å². The van der Waals surface area contributed by atoms with Gasteiger partial charge in [0.15, 0.2) is 5.76 Å². The number of hydrogen-bond donors (Lipinski definition) is 3. The number of carbonyl (C=O) groups is 4. The van der Waals surface area contributed by atoms with Crippen molar-refractivity contribution in [1.29, 1.82) is 0 Å². The van der Waals surface area contributed by atoms with Crippen LogP contribution in [0.5, 0.6) is 0 Å². The van der Waals surface area contributed by atoms with Gasteiger partial charge in [-0.25, -0.2) is 18.1 Å². The molecular weight excluding hydrogens is 769 g/mol. The highest BCUT2D eigenvalue weighted by Crippen LogP contribution is 2.46. The quantitative estimate of drug-likeness (QED) is 0.188. The molecule has 0 spiro atoms. The zero-order valence-electron chi connectivity index (χ0n) is 30.7. The molecular formula is C40H40N8O7S2. The maximum atomic E-state index is 14.7. The molecule has 5 atom stereocenters. The number of carbonyl (C=O) groups excluding carboxylic acids is 4. The summed E-state index contributed by atoms with van der Waals surface area (Å²) in [5.41, 5.74) is 0.347. The fraction of sp³-hybridized carbons (Fsp3) is 0.325. The van der Waals surface area contributed by atoms with Crippen LogP contribution >= 0.6 is 11.3 Å². The van der Waals surface area contributed by atoms with E-state index in [-0.39, 0.29) is 30.0 Å². The minimum atomic E-state index is -4.27. The van der Waals surface area contributed by atoms with Crippen molar-refractivity contribution in [2.75, 3.05) is 6.54 Å². The van der Waals surface area contributed by atoms with Gasteiger partial charge in [0.25, 0.3) is 21.8 Å². The van der Waals surface area contributed by atoms with Crippen molar-refractivity contribution in [3.05, 3.63) is 109 Å². The molecule has 2 fully saturated rings. The summed E-state index contributed by atoms with van der Waals surface area (Å²) >= 11 is 1.41. The normalized spacial score (nSPS) is 24.6. The van der Waals surface area contributed by atoms with Gasteiger partial charge in [-0.3, -0.25) is 19.2 Å². The number of furan rings is 1. The first-order valence-corrected chi connectivity index (χ1v) is 21.2. The van der Waals surface area contributed by atoms with E-state index in [0.29, 0.717) is 35.7 Å². The van der Waals surface area contributed by atoms with Crippen LogP contribution < -0.4 is 15.4 Å². The van der Waals surface area contributed by atoms with Gasteiger partial charge in [-0.15, -0.1) is 16.4 Å². The predicted molar refractivity (Wildman–Crippen MR) is 209 cm³/mol. The number of fused-ring (bicyclic) bond motifs is 2. The molecule has 5 aromatic rings. The lowest BCUT2D eigenvalue weighted by atomic mass is 10.0. The van der Waals surface area contributed by atoms with E-state index in [9.17, 15) is 27.6 Å². The Labute approximate surface area is 332 Å². The summed E-state index contributed by atoms with van der Waals surface area (Å²) in [5, 5.41) is 18.0. The first-order chi connectivity index (χ1) is 27.6. The first-order valence-electron chi connectivity index (χ1n) is 18.8. The Kier molecular flexibility index (Phi) is 10.6. The average Bonchev–Trinajstić information content (AvgIpc) is 3.88. The second-order valence-corrected chi connectivity index (χ2v) is 17.0. The summed E-state index contributed by atoms with van der Waals surface area (Å²) in [6, 6.07) is 17.4. The Morgan fingerprint density at radius 3 is 2.46 bits per heavy atom. The SMILES string of the molecule is O=C(N[C@@H]1CCCCC/C=C/[C@@H]2C[C@@]2(C(=O)NS(=O)(=O)c2ccccc2)NC(=O)[C@@H]2C[C@@H](n3nc(-c4ccccc4)c(-c4nccs4)n3)CN2C1=O)c1ccco1. The second-order valence-electron chi connectivity index (χ2n) is 14.4. The zero-order chi connectivity index (χ0) is 39.6. The maximum Gasteiger partial charge on any atom is 0.287 e. The molecule has 5 heterocycles. The van der Waals surface area contributed by atoms with E-state index in [1.807, 2.05) is 47.9 Å². The Morgan fingerprint density at radius 1 is 0.947 bits per heavy atom. The van der Waals surface area contributed by atoms with E-state index < -0.39 is 63.2 Å². The lowest BCUT2D eigenvalue weighted by Gasteiger charge is -2.30. The van der Waals surface area contributed by atoms with Crippen LogP contribution in [0.15, 0.2) is 112 Å². The largest absolute Gasteiger partial charge is 0.459 e. The third kappa shape index (κ3) is 7.89. The summed E-state index contributed by atoms with van der Waals surface area (Å²) in [6.45, 7) is 0.00910. The molecule has 3 aromatic heterocycles. The molecule has 17 heteroatoms. The predicted octanol–water partition coefficient (Wildman–Crippen LogP) is 4.50. The second kappa shape index (κ2) is 15.9. The number of nitrogens with zero attached hydrogens (tertiary/aromatic N) is 5. The Bertz CT molecular complexity index is 2390. The van der Waals surface area contributed by atoms with Gasteiger partial charge >= 0.3 is 0 Å². The lowest BCUT2D eigenvalue weighted by Crippen LogP contribution is -2.58. The molecule has 0 bridgehead atoms. The van der Waals surface area contributed by atoms with Gasteiger partial charge in [-0.05, 0) is 49.9 Å². The average molecular weight is 809 g/mol. The fourth-order valence-electron chi connectivity index (χ4n) is 7.53. The molecule has 57 heavy (non-hydrogen) atoms. The van der Waals surface area contributed by atoms with Crippen molar-refractivity contribution in [2.24, 2.45) is 5.92 Å². The molecule has 1 saturated carbocycles. The van der Waals surface area contributed by atoms with E-state index in [0.717, 1.165) is 18.4 Å². The number of sulfonamides is 1. The monoisotopic (exact) mass is 808 g/mol. The third-order valence-electron chi connectivity index (χ3n) is 10.6. The minimum absolute atomic E-state index is 0.00910. The molecule has 0 radical (unpaired) electrons. The molecule has 3 aliphatic rings. The number of aromatic nitrogens is 4. The first kappa shape index (κ1) is 38.0. The topological polar surface area (TPSA) is 198 Å². The number of allylic oxidation sites excluding steroid dienone is 1. The van der Waals surface area contributed by atoms with Crippen molar-refractivity contribution in [1.82, 2.24) is 40.2 Å².